The van der Waals surface area contributed by atoms with Crippen LogP contribution >= 0.6 is 0 Å². The molecule has 6 heteroatoms. The zero-order chi connectivity index (χ0) is 14.7. The fourth-order valence-corrected chi connectivity index (χ4v) is 1.92. The van der Waals surface area contributed by atoms with E-state index in [-0.39, 0.29) is 17.2 Å². The van der Waals surface area contributed by atoms with E-state index in [1.807, 2.05) is 0 Å². The summed E-state index contributed by atoms with van der Waals surface area (Å²) in [6.07, 6.45) is 0. The van der Waals surface area contributed by atoms with Gasteiger partial charge in [-0.2, -0.15) is 0 Å². The maximum Gasteiger partial charge on any atom is 0.277 e. The molecule has 0 aliphatic carbocycles. The molecule has 0 radical (unpaired) electrons. The van der Waals surface area contributed by atoms with E-state index < -0.39 is 4.92 Å². The predicted molar refractivity (Wildman–Crippen MR) is 76.3 cm³/mol. The number of benzene rings is 2. The van der Waals surface area contributed by atoms with Crippen molar-refractivity contribution in [2.24, 2.45) is 0 Å². The summed E-state index contributed by atoms with van der Waals surface area (Å²) in [5.74, 6) is -0.368. The number of rotatable bonds is 3. The topological polar surface area (TPSA) is 98.3 Å². The fourth-order valence-electron chi connectivity index (χ4n) is 1.92. The van der Waals surface area contributed by atoms with Crippen LogP contribution in [0.4, 0.5) is 11.4 Å². The van der Waals surface area contributed by atoms with Gasteiger partial charge in [0.1, 0.15) is 0 Å². The molecule has 0 aliphatic rings. The maximum absolute atomic E-state index is 11.5. The van der Waals surface area contributed by atoms with Crippen LogP contribution < -0.4 is 11.1 Å². The van der Waals surface area contributed by atoms with Gasteiger partial charge in [0.25, 0.3) is 11.6 Å². The number of nitro benzene ring substituents is 1. The van der Waals surface area contributed by atoms with Crippen molar-refractivity contribution in [3.05, 3.63) is 58.1 Å². The van der Waals surface area contributed by atoms with Crippen molar-refractivity contribution in [3.8, 4) is 11.1 Å². The Balaban J connectivity index is 2.59. The molecule has 20 heavy (non-hydrogen) atoms. The monoisotopic (exact) mass is 271 g/mol. The Morgan fingerprint density at radius 2 is 2.00 bits per heavy atom. The molecule has 0 aliphatic heterocycles. The highest BCUT2D eigenvalue weighted by atomic mass is 16.6. The minimum Gasteiger partial charge on any atom is -0.399 e. The second-order valence-electron chi connectivity index (χ2n) is 4.19. The lowest BCUT2D eigenvalue weighted by atomic mass is 10.0. The van der Waals surface area contributed by atoms with Crippen LogP contribution in [-0.4, -0.2) is 17.9 Å². The molecule has 0 aromatic heterocycles. The third-order valence-corrected chi connectivity index (χ3v) is 2.88. The van der Waals surface area contributed by atoms with Crippen molar-refractivity contribution < 1.29 is 9.72 Å². The van der Waals surface area contributed by atoms with E-state index in [4.69, 9.17) is 5.73 Å². The Kier molecular flexibility index (Phi) is 3.65. The highest BCUT2D eigenvalue weighted by Crippen LogP contribution is 2.31. The molecule has 1 amide bonds. The predicted octanol–water partition coefficient (Wildman–Crippen LogP) is 2.20. The first-order chi connectivity index (χ1) is 9.52. The number of hydrogen-bond donors (Lipinski definition) is 2. The highest BCUT2D eigenvalue weighted by Gasteiger charge is 2.18. The lowest BCUT2D eigenvalue weighted by Gasteiger charge is -2.06. The van der Waals surface area contributed by atoms with Crippen molar-refractivity contribution >= 4 is 17.3 Å². The molecular weight excluding hydrogens is 258 g/mol. The number of nitrogens with one attached hydrogen (secondary N) is 1. The summed E-state index contributed by atoms with van der Waals surface area (Å²) in [6.45, 7) is 0. The summed E-state index contributed by atoms with van der Waals surface area (Å²) in [5, 5.41) is 13.6. The molecule has 0 saturated heterocycles. The van der Waals surface area contributed by atoms with E-state index in [2.05, 4.69) is 5.32 Å². The Morgan fingerprint density at radius 3 is 2.60 bits per heavy atom. The number of anilines is 1. The second kappa shape index (κ2) is 5.40. The second-order valence-corrected chi connectivity index (χ2v) is 4.19. The first-order valence-electron chi connectivity index (χ1n) is 5.89. The lowest BCUT2D eigenvalue weighted by Crippen LogP contribution is -2.17. The number of nitro groups is 1. The fraction of sp³-hybridized carbons (Fsp3) is 0.0714. The molecule has 0 heterocycles. The van der Waals surface area contributed by atoms with E-state index >= 15 is 0 Å². The van der Waals surface area contributed by atoms with Crippen LogP contribution in [0, 0.1) is 10.1 Å². The molecule has 0 unspecified atom stereocenters. The quantitative estimate of drug-likeness (QED) is 0.508. The van der Waals surface area contributed by atoms with Crippen LogP contribution in [0.2, 0.25) is 0 Å². The number of carbonyl (C=O) groups is 1. The Morgan fingerprint density at radius 1 is 1.25 bits per heavy atom. The van der Waals surface area contributed by atoms with E-state index in [0.717, 1.165) is 0 Å². The average molecular weight is 271 g/mol. The molecule has 2 aromatic rings. The van der Waals surface area contributed by atoms with Crippen LogP contribution in [0.25, 0.3) is 11.1 Å². The van der Waals surface area contributed by atoms with E-state index in [9.17, 15) is 14.9 Å². The molecule has 3 N–H and O–H groups in total. The van der Waals surface area contributed by atoms with Crippen LogP contribution in [0.1, 0.15) is 10.4 Å². The van der Waals surface area contributed by atoms with Crippen molar-refractivity contribution in [1.82, 2.24) is 5.32 Å². The van der Waals surface area contributed by atoms with Gasteiger partial charge in [-0.05, 0) is 29.8 Å². The lowest BCUT2D eigenvalue weighted by molar-refractivity contribution is -0.384. The first-order valence-corrected chi connectivity index (χ1v) is 5.89. The molecule has 6 nitrogen and oxygen atoms in total. The minimum atomic E-state index is -0.509. The largest absolute Gasteiger partial charge is 0.399 e. The number of nitrogens with zero attached hydrogens (tertiary/aromatic N) is 1. The van der Waals surface area contributed by atoms with Gasteiger partial charge < -0.3 is 11.1 Å². The first kappa shape index (κ1) is 13.5. The van der Waals surface area contributed by atoms with Crippen molar-refractivity contribution in [1.29, 1.82) is 0 Å². The van der Waals surface area contributed by atoms with Crippen molar-refractivity contribution in [2.45, 2.75) is 0 Å². The number of nitrogen functional groups attached to an aromatic ring is 1. The molecule has 0 fully saturated rings. The van der Waals surface area contributed by atoms with Gasteiger partial charge >= 0.3 is 0 Å². The molecular formula is C14H13N3O3. The third-order valence-electron chi connectivity index (χ3n) is 2.88. The number of hydrogen-bond acceptors (Lipinski definition) is 4. The number of amides is 1. The van der Waals surface area contributed by atoms with Gasteiger partial charge in [-0.15, -0.1) is 0 Å². The van der Waals surface area contributed by atoms with Crippen LogP contribution in [-0.2, 0) is 0 Å². The zero-order valence-electron chi connectivity index (χ0n) is 10.8. The van der Waals surface area contributed by atoms with Gasteiger partial charge in [-0.3, -0.25) is 14.9 Å². The minimum absolute atomic E-state index is 0.128. The summed E-state index contributed by atoms with van der Waals surface area (Å²) in [5.41, 5.74) is 7.39. The summed E-state index contributed by atoms with van der Waals surface area (Å²) in [6, 6.07) is 11.2. The normalized spacial score (nSPS) is 10.1. The molecule has 0 bridgehead atoms. The molecule has 0 atom stereocenters. The summed E-state index contributed by atoms with van der Waals surface area (Å²) in [7, 11) is 1.47. The van der Waals surface area contributed by atoms with Gasteiger partial charge in [0.15, 0.2) is 0 Å². The molecule has 2 aromatic carbocycles. The highest BCUT2D eigenvalue weighted by molar-refractivity contribution is 5.96. The van der Waals surface area contributed by atoms with Crippen LogP contribution in [0.3, 0.4) is 0 Å². The van der Waals surface area contributed by atoms with Gasteiger partial charge in [0, 0.05) is 24.4 Å². The summed E-state index contributed by atoms with van der Waals surface area (Å²) >= 11 is 0. The zero-order valence-corrected chi connectivity index (χ0v) is 10.8. The van der Waals surface area contributed by atoms with Crippen LogP contribution in [0.15, 0.2) is 42.5 Å². The summed E-state index contributed by atoms with van der Waals surface area (Å²) < 4.78 is 0. The standard InChI is InChI=1S/C14H13N3O3/c1-16-14(18)10-5-6-12(13(8-10)17(19)20)9-3-2-4-11(15)7-9/h2-8H,15H2,1H3,(H,16,18). The maximum atomic E-state index is 11.5. The third kappa shape index (κ3) is 2.59. The smallest absolute Gasteiger partial charge is 0.277 e. The molecule has 0 saturated carbocycles. The van der Waals surface area contributed by atoms with Gasteiger partial charge in [0.2, 0.25) is 0 Å². The Bertz CT molecular complexity index is 683. The average Bonchev–Trinajstić information content (AvgIpc) is 2.45. The molecule has 102 valence electrons. The Hall–Kier alpha value is -2.89. The van der Waals surface area contributed by atoms with Crippen molar-refractivity contribution in [2.75, 3.05) is 12.8 Å². The van der Waals surface area contributed by atoms with Gasteiger partial charge in [-0.1, -0.05) is 12.1 Å². The van der Waals surface area contributed by atoms with Crippen molar-refractivity contribution in [3.63, 3.8) is 0 Å². The van der Waals surface area contributed by atoms with E-state index in [0.29, 0.717) is 16.8 Å². The van der Waals surface area contributed by atoms with Gasteiger partial charge in [-0.25, -0.2) is 0 Å². The van der Waals surface area contributed by atoms with Crippen LogP contribution in [0.5, 0.6) is 0 Å². The number of carbonyl (C=O) groups excluding carboxylic acids is 1. The number of nitrogens with two attached hydrogens (primary N) is 1. The Labute approximate surface area is 115 Å². The van der Waals surface area contributed by atoms with E-state index in [1.165, 1.54) is 13.1 Å². The molecule has 2 rings (SSSR count). The SMILES string of the molecule is CNC(=O)c1ccc(-c2cccc(N)c2)c([N+](=O)[O-])c1. The summed E-state index contributed by atoms with van der Waals surface area (Å²) in [4.78, 5) is 22.2. The molecule has 0 spiro atoms. The van der Waals surface area contributed by atoms with Gasteiger partial charge in [0.05, 0.1) is 10.5 Å². The van der Waals surface area contributed by atoms with E-state index in [1.54, 1.807) is 36.4 Å².